The minimum atomic E-state index is 0.0228. The molecule has 0 spiro atoms. The van der Waals surface area contributed by atoms with E-state index in [2.05, 4.69) is 38.2 Å². The highest BCUT2D eigenvalue weighted by atomic mass is 16.2. The Morgan fingerprint density at radius 3 is 2.57 bits per heavy atom. The maximum absolute atomic E-state index is 12.1. The van der Waals surface area contributed by atoms with Crippen LogP contribution < -0.4 is 11.1 Å². The van der Waals surface area contributed by atoms with Crippen LogP contribution in [0.1, 0.15) is 37.9 Å². The van der Waals surface area contributed by atoms with Crippen molar-refractivity contribution >= 4 is 5.91 Å². The van der Waals surface area contributed by atoms with Crippen molar-refractivity contribution in [3.05, 3.63) is 35.4 Å². The molecular weight excluding hydrogens is 262 g/mol. The van der Waals surface area contributed by atoms with Gasteiger partial charge in [-0.1, -0.05) is 38.1 Å². The average molecular weight is 291 g/mol. The maximum Gasteiger partial charge on any atom is 0.234 e. The van der Waals surface area contributed by atoms with Crippen molar-refractivity contribution in [1.29, 1.82) is 0 Å². The Morgan fingerprint density at radius 1 is 1.38 bits per heavy atom. The highest BCUT2D eigenvalue weighted by Gasteiger charge is 2.20. The molecule has 0 saturated carbocycles. The Balaban J connectivity index is 2.52. The summed E-state index contributed by atoms with van der Waals surface area (Å²) in [6.45, 7) is 10.1. The standard InChI is InChI=1S/C17H29N3O/c1-13-8-6-7-9-15(13)14(2)19-16(21)10-20(5)12-17(3,4)11-18/h6-9,14H,10-12,18H2,1-5H3,(H,19,21). The fourth-order valence-corrected chi connectivity index (χ4v) is 2.53. The van der Waals surface area contributed by atoms with Crippen LogP contribution in [-0.4, -0.2) is 37.5 Å². The van der Waals surface area contributed by atoms with E-state index in [9.17, 15) is 4.79 Å². The molecule has 0 saturated heterocycles. The van der Waals surface area contributed by atoms with Gasteiger partial charge in [0.1, 0.15) is 0 Å². The highest BCUT2D eigenvalue weighted by molar-refractivity contribution is 5.78. The largest absolute Gasteiger partial charge is 0.348 e. The molecule has 1 amide bonds. The van der Waals surface area contributed by atoms with Gasteiger partial charge in [0.05, 0.1) is 12.6 Å². The van der Waals surface area contributed by atoms with Crippen molar-refractivity contribution in [2.75, 3.05) is 26.7 Å². The number of rotatable bonds is 7. The number of hydrogen-bond donors (Lipinski definition) is 2. The van der Waals surface area contributed by atoms with E-state index >= 15 is 0 Å². The van der Waals surface area contributed by atoms with E-state index in [1.807, 2.05) is 31.0 Å². The van der Waals surface area contributed by atoms with E-state index in [4.69, 9.17) is 5.73 Å². The molecule has 1 aromatic carbocycles. The summed E-state index contributed by atoms with van der Waals surface area (Å²) in [6.07, 6.45) is 0. The molecule has 0 aliphatic rings. The van der Waals surface area contributed by atoms with E-state index in [1.54, 1.807) is 0 Å². The predicted octanol–water partition coefficient (Wildman–Crippen LogP) is 2.09. The molecule has 4 heteroatoms. The van der Waals surface area contributed by atoms with E-state index < -0.39 is 0 Å². The van der Waals surface area contributed by atoms with E-state index in [1.165, 1.54) is 5.56 Å². The molecule has 118 valence electrons. The van der Waals surface area contributed by atoms with Gasteiger partial charge in [-0.25, -0.2) is 0 Å². The van der Waals surface area contributed by atoms with Crippen LogP contribution in [-0.2, 0) is 4.79 Å². The van der Waals surface area contributed by atoms with Crippen LogP contribution in [0.5, 0.6) is 0 Å². The fraction of sp³-hybridized carbons (Fsp3) is 0.588. The van der Waals surface area contributed by atoms with Crippen molar-refractivity contribution < 1.29 is 4.79 Å². The van der Waals surface area contributed by atoms with Crippen molar-refractivity contribution in [3.8, 4) is 0 Å². The first kappa shape index (κ1) is 17.7. The number of carbonyl (C=O) groups excluding carboxylic acids is 1. The van der Waals surface area contributed by atoms with E-state index in [0.717, 1.165) is 12.1 Å². The Hall–Kier alpha value is -1.39. The third-order valence-electron chi connectivity index (χ3n) is 3.70. The number of hydrogen-bond acceptors (Lipinski definition) is 3. The first-order valence-corrected chi connectivity index (χ1v) is 7.48. The summed E-state index contributed by atoms with van der Waals surface area (Å²) >= 11 is 0. The zero-order valence-electron chi connectivity index (χ0n) is 13.9. The summed E-state index contributed by atoms with van der Waals surface area (Å²) < 4.78 is 0. The smallest absolute Gasteiger partial charge is 0.234 e. The van der Waals surface area contributed by atoms with Crippen LogP contribution in [0.4, 0.5) is 0 Å². The lowest BCUT2D eigenvalue weighted by molar-refractivity contribution is -0.122. The topological polar surface area (TPSA) is 58.4 Å². The van der Waals surface area contributed by atoms with Crippen molar-refractivity contribution in [3.63, 3.8) is 0 Å². The number of nitrogens with two attached hydrogens (primary N) is 1. The van der Waals surface area contributed by atoms with Crippen molar-refractivity contribution in [1.82, 2.24) is 10.2 Å². The zero-order chi connectivity index (χ0) is 16.0. The normalized spacial score (nSPS) is 13.3. The second kappa shape index (κ2) is 7.57. The van der Waals surface area contributed by atoms with Crippen LogP contribution in [0, 0.1) is 12.3 Å². The number of amides is 1. The van der Waals surface area contributed by atoms with Gasteiger partial charge in [-0.05, 0) is 44.0 Å². The molecule has 0 heterocycles. The summed E-state index contributed by atoms with van der Waals surface area (Å²) in [5, 5.41) is 3.06. The lowest BCUT2D eigenvalue weighted by Gasteiger charge is -2.29. The lowest BCUT2D eigenvalue weighted by atomic mass is 9.93. The Labute approximate surface area is 128 Å². The van der Waals surface area contributed by atoms with Crippen LogP contribution in [0.2, 0.25) is 0 Å². The second-order valence-corrected chi connectivity index (χ2v) is 6.69. The molecule has 4 nitrogen and oxygen atoms in total. The number of nitrogens with zero attached hydrogens (tertiary/aromatic N) is 1. The molecule has 21 heavy (non-hydrogen) atoms. The summed E-state index contributed by atoms with van der Waals surface area (Å²) in [7, 11) is 1.95. The Bertz CT molecular complexity index is 471. The van der Waals surface area contributed by atoms with Crippen molar-refractivity contribution in [2.45, 2.75) is 33.7 Å². The summed E-state index contributed by atoms with van der Waals surface area (Å²) in [6, 6.07) is 8.15. The number of carbonyl (C=O) groups is 1. The van der Waals surface area contributed by atoms with E-state index in [0.29, 0.717) is 13.1 Å². The quantitative estimate of drug-likeness (QED) is 0.809. The Kier molecular flexibility index (Phi) is 6.37. The zero-order valence-corrected chi connectivity index (χ0v) is 13.9. The third kappa shape index (κ3) is 5.86. The molecule has 3 N–H and O–H groups in total. The van der Waals surface area contributed by atoms with Crippen LogP contribution in [0.15, 0.2) is 24.3 Å². The third-order valence-corrected chi connectivity index (χ3v) is 3.70. The summed E-state index contributed by atoms with van der Waals surface area (Å²) in [5.41, 5.74) is 8.12. The van der Waals surface area contributed by atoms with Gasteiger partial charge < -0.3 is 11.1 Å². The SMILES string of the molecule is Cc1ccccc1C(C)NC(=O)CN(C)CC(C)(C)CN. The number of likely N-dealkylation sites (N-methyl/N-ethyl adjacent to an activating group) is 1. The first-order valence-electron chi connectivity index (χ1n) is 7.48. The molecule has 0 fully saturated rings. The molecule has 0 radical (unpaired) electrons. The first-order chi connectivity index (χ1) is 9.75. The van der Waals surface area contributed by atoms with Gasteiger partial charge in [0.25, 0.3) is 0 Å². The average Bonchev–Trinajstić information content (AvgIpc) is 2.38. The lowest BCUT2D eigenvalue weighted by Crippen LogP contribution is -2.42. The van der Waals surface area contributed by atoms with Crippen LogP contribution in [0.25, 0.3) is 0 Å². The molecule has 1 rings (SSSR count). The van der Waals surface area contributed by atoms with Gasteiger partial charge in [0, 0.05) is 6.54 Å². The number of aryl methyl sites for hydroxylation is 1. The van der Waals surface area contributed by atoms with Gasteiger partial charge in [0.15, 0.2) is 0 Å². The van der Waals surface area contributed by atoms with Crippen LogP contribution >= 0.6 is 0 Å². The molecular formula is C17H29N3O. The second-order valence-electron chi connectivity index (χ2n) is 6.69. The van der Waals surface area contributed by atoms with Gasteiger partial charge in [-0.3, -0.25) is 9.69 Å². The molecule has 0 aliphatic carbocycles. The minimum Gasteiger partial charge on any atom is -0.348 e. The predicted molar refractivity (Wildman–Crippen MR) is 88.1 cm³/mol. The van der Waals surface area contributed by atoms with Crippen LogP contribution in [0.3, 0.4) is 0 Å². The number of benzene rings is 1. The van der Waals surface area contributed by atoms with E-state index in [-0.39, 0.29) is 17.4 Å². The number of nitrogens with one attached hydrogen (secondary N) is 1. The molecule has 1 atom stereocenters. The highest BCUT2D eigenvalue weighted by Crippen LogP contribution is 2.17. The fourth-order valence-electron chi connectivity index (χ4n) is 2.53. The summed E-state index contributed by atoms with van der Waals surface area (Å²) in [4.78, 5) is 14.2. The molecule has 1 aromatic rings. The van der Waals surface area contributed by atoms with Gasteiger partial charge in [0.2, 0.25) is 5.91 Å². The molecule has 0 bridgehead atoms. The van der Waals surface area contributed by atoms with Gasteiger partial charge in [-0.15, -0.1) is 0 Å². The van der Waals surface area contributed by atoms with Crippen molar-refractivity contribution in [2.24, 2.45) is 11.1 Å². The van der Waals surface area contributed by atoms with Gasteiger partial charge >= 0.3 is 0 Å². The monoisotopic (exact) mass is 291 g/mol. The maximum atomic E-state index is 12.1. The Morgan fingerprint density at radius 2 is 2.00 bits per heavy atom. The summed E-state index contributed by atoms with van der Waals surface area (Å²) in [5.74, 6) is 0.0427. The van der Waals surface area contributed by atoms with Gasteiger partial charge in [-0.2, -0.15) is 0 Å². The molecule has 0 aromatic heterocycles. The molecule has 0 aliphatic heterocycles. The molecule has 1 unspecified atom stereocenters. The minimum absolute atomic E-state index is 0.0228.